The van der Waals surface area contributed by atoms with Crippen LogP contribution in [0.5, 0.6) is 0 Å². The van der Waals surface area contributed by atoms with E-state index in [-0.39, 0.29) is 30.5 Å². The zero-order valence-corrected chi connectivity index (χ0v) is 17.3. The molecule has 2 fully saturated rings. The molecule has 30 heavy (non-hydrogen) atoms. The lowest BCUT2D eigenvalue weighted by molar-refractivity contribution is -0.117. The molecule has 1 saturated carbocycles. The van der Waals surface area contributed by atoms with Gasteiger partial charge in [0.15, 0.2) is 0 Å². The average Bonchev–Trinajstić information content (AvgIpc) is 3.50. The van der Waals surface area contributed by atoms with E-state index in [2.05, 4.69) is 29.3 Å². The number of hydrogen-bond donors (Lipinski definition) is 1. The molecular formula is C24H28N2O4. The third kappa shape index (κ3) is 5.46. The summed E-state index contributed by atoms with van der Waals surface area (Å²) < 4.78 is 11.2. The van der Waals surface area contributed by atoms with Crippen molar-refractivity contribution < 1.29 is 19.1 Å². The van der Waals surface area contributed by atoms with Gasteiger partial charge in [-0.3, -0.25) is 9.69 Å². The van der Waals surface area contributed by atoms with Gasteiger partial charge in [0.1, 0.15) is 12.7 Å². The average molecular weight is 408 g/mol. The molecule has 1 heterocycles. The van der Waals surface area contributed by atoms with Crippen molar-refractivity contribution in [3.8, 4) is 0 Å². The Balaban J connectivity index is 1.23. The predicted octanol–water partition coefficient (Wildman–Crippen LogP) is 3.34. The number of amides is 1. The highest BCUT2D eigenvalue weighted by molar-refractivity contribution is 5.95. The zero-order chi connectivity index (χ0) is 20.9. The molecule has 3 atom stereocenters. The molecule has 0 radical (unpaired) electrons. The van der Waals surface area contributed by atoms with Crippen LogP contribution in [-0.4, -0.2) is 49.2 Å². The van der Waals surface area contributed by atoms with Gasteiger partial charge in [0, 0.05) is 31.2 Å². The molecule has 1 amide bonds. The van der Waals surface area contributed by atoms with Crippen LogP contribution in [0, 0.1) is 11.8 Å². The fraction of sp³-hybridized carbons (Fsp3) is 0.417. The molecule has 2 aliphatic rings. The number of nitrogens with zero attached hydrogens (tertiary/aromatic N) is 1. The Hall–Kier alpha value is -2.70. The van der Waals surface area contributed by atoms with Crippen molar-refractivity contribution in [3.63, 3.8) is 0 Å². The van der Waals surface area contributed by atoms with E-state index < -0.39 is 0 Å². The summed E-state index contributed by atoms with van der Waals surface area (Å²) in [5.74, 6) is 0.247. The van der Waals surface area contributed by atoms with Gasteiger partial charge < -0.3 is 14.8 Å². The van der Waals surface area contributed by atoms with Crippen molar-refractivity contribution >= 4 is 17.6 Å². The van der Waals surface area contributed by atoms with Crippen molar-refractivity contribution in [2.75, 3.05) is 31.6 Å². The topological polar surface area (TPSA) is 67.9 Å². The van der Waals surface area contributed by atoms with Gasteiger partial charge >= 0.3 is 5.97 Å². The molecule has 6 nitrogen and oxygen atoms in total. The number of carbonyl (C=O) groups excluding carboxylic acids is 2. The lowest BCUT2D eigenvalue weighted by Gasteiger charge is -2.32. The highest BCUT2D eigenvalue weighted by Gasteiger charge is 2.39. The molecule has 4 rings (SSSR count). The van der Waals surface area contributed by atoms with Crippen LogP contribution in [0.3, 0.4) is 0 Å². The third-order valence-electron chi connectivity index (χ3n) is 5.71. The van der Waals surface area contributed by atoms with Gasteiger partial charge in [-0.1, -0.05) is 37.3 Å². The fourth-order valence-corrected chi connectivity index (χ4v) is 3.73. The number of carbonyl (C=O) groups is 2. The summed E-state index contributed by atoms with van der Waals surface area (Å²) in [4.78, 5) is 26.7. The molecular weight excluding hydrogens is 380 g/mol. The predicted molar refractivity (Wildman–Crippen MR) is 114 cm³/mol. The minimum atomic E-state index is -0.382. The minimum Gasteiger partial charge on any atom is -0.459 e. The summed E-state index contributed by atoms with van der Waals surface area (Å²) in [6.45, 7) is 5.38. The van der Waals surface area contributed by atoms with Gasteiger partial charge in [-0.25, -0.2) is 4.79 Å². The molecule has 1 N–H and O–H groups in total. The highest BCUT2D eigenvalue weighted by atomic mass is 16.6. The lowest BCUT2D eigenvalue weighted by atomic mass is 10.2. The van der Waals surface area contributed by atoms with E-state index in [9.17, 15) is 9.59 Å². The molecule has 0 aromatic heterocycles. The Morgan fingerprint density at radius 3 is 2.57 bits per heavy atom. The largest absolute Gasteiger partial charge is 0.459 e. The second-order valence-corrected chi connectivity index (χ2v) is 8.20. The first-order chi connectivity index (χ1) is 14.6. The normalized spacial score (nSPS) is 23.6. The van der Waals surface area contributed by atoms with Gasteiger partial charge in [0.2, 0.25) is 5.91 Å². The first kappa shape index (κ1) is 20.6. The van der Waals surface area contributed by atoms with Crippen LogP contribution < -0.4 is 5.32 Å². The quantitative estimate of drug-likeness (QED) is 0.712. The van der Waals surface area contributed by atoms with Crippen molar-refractivity contribution in [1.82, 2.24) is 4.90 Å². The maximum Gasteiger partial charge on any atom is 0.338 e. The fourth-order valence-electron chi connectivity index (χ4n) is 3.73. The molecule has 0 bridgehead atoms. The number of hydrogen-bond acceptors (Lipinski definition) is 5. The van der Waals surface area contributed by atoms with Crippen molar-refractivity contribution in [2.45, 2.75) is 26.0 Å². The Morgan fingerprint density at radius 2 is 1.87 bits per heavy atom. The van der Waals surface area contributed by atoms with E-state index in [1.807, 2.05) is 18.2 Å². The number of anilines is 1. The Morgan fingerprint density at radius 1 is 1.13 bits per heavy atom. The zero-order valence-electron chi connectivity index (χ0n) is 17.3. The van der Waals surface area contributed by atoms with Crippen LogP contribution in [0.25, 0.3) is 0 Å². The second kappa shape index (κ2) is 9.41. The first-order valence-corrected chi connectivity index (χ1v) is 10.5. The number of ether oxygens (including phenoxy) is 2. The maximum absolute atomic E-state index is 12.4. The summed E-state index contributed by atoms with van der Waals surface area (Å²) >= 11 is 0. The standard InChI is InChI=1S/C24H28N2O4/c1-17-13-22(17)23(27)25-20-9-7-19(8-10-20)24(28)30-16-21-15-26(11-12-29-21)14-18-5-3-2-4-6-18/h2-10,17,21-22H,11-16H2,1H3,(H,25,27). The lowest BCUT2D eigenvalue weighted by Crippen LogP contribution is -2.44. The number of benzene rings is 2. The van der Waals surface area contributed by atoms with Crippen LogP contribution >= 0.6 is 0 Å². The van der Waals surface area contributed by atoms with Gasteiger partial charge in [-0.2, -0.15) is 0 Å². The molecule has 1 aliphatic carbocycles. The summed E-state index contributed by atoms with van der Waals surface area (Å²) in [6, 6.07) is 17.1. The molecule has 6 heteroatoms. The van der Waals surface area contributed by atoms with E-state index in [0.717, 1.165) is 26.1 Å². The van der Waals surface area contributed by atoms with Gasteiger partial charge in [-0.15, -0.1) is 0 Å². The first-order valence-electron chi connectivity index (χ1n) is 10.5. The van der Waals surface area contributed by atoms with Gasteiger partial charge in [0.25, 0.3) is 0 Å². The second-order valence-electron chi connectivity index (χ2n) is 8.20. The van der Waals surface area contributed by atoms with Gasteiger partial charge in [0.05, 0.1) is 12.2 Å². The minimum absolute atomic E-state index is 0.0485. The molecule has 2 aromatic rings. The maximum atomic E-state index is 12.4. The van der Waals surface area contributed by atoms with E-state index in [0.29, 0.717) is 23.8 Å². The summed E-state index contributed by atoms with van der Waals surface area (Å²) in [5.41, 5.74) is 2.42. The third-order valence-corrected chi connectivity index (χ3v) is 5.71. The van der Waals surface area contributed by atoms with Crippen molar-refractivity contribution in [3.05, 3.63) is 65.7 Å². The van der Waals surface area contributed by atoms with E-state index >= 15 is 0 Å². The van der Waals surface area contributed by atoms with E-state index in [1.165, 1.54) is 5.56 Å². The molecule has 2 aromatic carbocycles. The van der Waals surface area contributed by atoms with Crippen LogP contribution in [0.15, 0.2) is 54.6 Å². The highest BCUT2D eigenvalue weighted by Crippen LogP contribution is 2.38. The van der Waals surface area contributed by atoms with E-state index in [4.69, 9.17) is 9.47 Å². The molecule has 1 saturated heterocycles. The summed E-state index contributed by atoms with van der Waals surface area (Å²) in [6.07, 6.45) is 0.813. The van der Waals surface area contributed by atoms with E-state index in [1.54, 1.807) is 24.3 Å². The Bertz CT molecular complexity index is 869. The SMILES string of the molecule is CC1CC1C(=O)Nc1ccc(C(=O)OCC2CN(Cc3ccccc3)CCO2)cc1. The van der Waals surface area contributed by atoms with Crippen molar-refractivity contribution in [2.24, 2.45) is 11.8 Å². The number of nitrogens with one attached hydrogen (secondary N) is 1. The number of morpholine rings is 1. The smallest absolute Gasteiger partial charge is 0.338 e. The number of esters is 1. The molecule has 158 valence electrons. The summed E-state index contributed by atoms with van der Waals surface area (Å²) in [5, 5.41) is 2.89. The molecule has 0 spiro atoms. The van der Waals surface area contributed by atoms with Crippen LogP contribution in [0.2, 0.25) is 0 Å². The van der Waals surface area contributed by atoms with Crippen LogP contribution in [0.1, 0.15) is 29.3 Å². The van der Waals surface area contributed by atoms with Gasteiger partial charge in [-0.05, 0) is 42.2 Å². The Labute approximate surface area is 177 Å². The summed E-state index contributed by atoms with van der Waals surface area (Å²) in [7, 11) is 0. The number of rotatable bonds is 7. The molecule has 3 unspecified atom stereocenters. The van der Waals surface area contributed by atoms with Crippen LogP contribution in [0.4, 0.5) is 5.69 Å². The van der Waals surface area contributed by atoms with Crippen molar-refractivity contribution in [1.29, 1.82) is 0 Å². The molecule has 1 aliphatic heterocycles. The van der Waals surface area contributed by atoms with Crippen LogP contribution in [-0.2, 0) is 20.8 Å². The Kier molecular flexibility index (Phi) is 6.45. The monoisotopic (exact) mass is 408 g/mol.